The Morgan fingerprint density at radius 2 is 0.800 bits per heavy atom. The number of anilines is 3. The van der Waals surface area contributed by atoms with E-state index in [0.29, 0.717) is 0 Å². The Bertz CT molecular complexity index is 2750. The predicted octanol–water partition coefficient (Wildman–Crippen LogP) is 12.9. The van der Waals surface area contributed by atoms with Gasteiger partial charge in [0, 0.05) is 48.0 Å². The van der Waals surface area contributed by atoms with Gasteiger partial charge in [0.1, 0.15) is 11.2 Å². The monoisotopic (exact) mass is 591 g/mol. The average molecular weight is 592 g/mol. The predicted molar refractivity (Wildman–Crippen MR) is 194 cm³/mol. The van der Waals surface area contributed by atoms with Crippen molar-refractivity contribution in [2.45, 2.75) is 0 Å². The van der Waals surface area contributed by atoms with E-state index in [1.807, 2.05) is 23.5 Å². The van der Waals surface area contributed by atoms with Gasteiger partial charge in [-0.3, -0.25) is 0 Å². The first-order valence-electron chi connectivity index (χ1n) is 15.3. The highest BCUT2D eigenvalue weighted by molar-refractivity contribution is 7.25. The molecule has 0 bridgehead atoms. The van der Waals surface area contributed by atoms with Gasteiger partial charge in [-0.25, -0.2) is 0 Å². The molecule has 0 saturated heterocycles. The maximum absolute atomic E-state index is 6.22. The molecule has 0 saturated carbocycles. The molecule has 10 rings (SSSR count). The molecule has 0 aliphatic heterocycles. The number of hydrogen-bond donors (Lipinski definition) is 0. The van der Waals surface area contributed by atoms with Crippen LogP contribution < -0.4 is 4.90 Å². The molecule has 0 fully saturated rings. The summed E-state index contributed by atoms with van der Waals surface area (Å²) in [7, 11) is 0. The van der Waals surface area contributed by atoms with E-state index in [9.17, 15) is 0 Å². The van der Waals surface area contributed by atoms with Crippen LogP contribution in [0.2, 0.25) is 0 Å². The third-order valence-electron chi connectivity index (χ3n) is 9.23. The van der Waals surface area contributed by atoms with Crippen LogP contribution >= 0.6 is 11.3 Å². The summed E-state index contributed by atoms with van der Waals surface area (Å²) < 4.78 is 8.81. The summed E-state index contributed by atoms with van der Waals surface area (Å²) in [5.41, 5.74) is 5.16. The minimum absolute atomic E-state index is 0.899. The first-order valence-corrected chi connectivity index (χ1v) is 16.1. The van der Waals surface area contributed by atoms with Crippen LogP contribution in [-0.2, 0) is 0 Å². The van der Waals surface area contributed by atoms with Crippen LogP contribution in [0.25, 0.3) is 74.4 Å². The van der Waals surface area contributed by atoms with Crippen molar-refractivity contribution in [2.24, 2.45) is 0 Å². The third-order valence-corrected chi connectivity index (χ3v) is 10.4. The van der Waals surface area contributed by atoms with E-state index in [0.717, 1.165) is 39.0 Å². The standard InChI is InChI=1S/C42H25NOS/c1-2-11-31-29(9-1)30-10-3-4-12-32(30)37-23-26(17-20-33(31)37)43(27-19-22-40-38(24-27)34-13-5-7-15-39(34)44-40)28-18-21-36-35-14-6-8-16-41(35)45-42(36)25-28/h1-25H. The molecule has 2 heterocycles. The fourth-order valence-corrected chi connectivity index (χ4v) is 8.33. The summed E-state index contributed by atoms with van der Waals surface area (Å²) >= 11 is 1.85. The molecule has 210 valence electrons. The summed E-state index contributed by atoms with van der Waals surface area (Å²) in [4.78, 5) is 2.40. The molecule has 0 aliphatic rings. The highest BCUT2D eigenvalue weighted by atomic mass is 32.1. The molecule has 10 aromatic rings. The highest BCUT2D eigenvalue weighted by Crippen LogP contribution is 2.44. The average Bonchev–Trinajstić information content (AvgIpc) is 3.66. The van der Waals surface area contributed by atoms with Crippen molar-refractivity contribution in [1.29, 1.82) is 0 Å². The lowest BCUT2D eigenvalue weighted by molar-refractivity contribution is 0.669. The van der Waals surface area contributed by atoms with Crippen molar-refractivity contribution >= 4 is 103 Å². The first-order chi connectivity index (χ1) is 22.3. The summed E-state index contributed by atoms with van der Waals surface area (Å²) in [6.07, 6.45) is 0. The van der Waals surface area contributed by atoms with E-state index >= 15 is 0 Å². The molecule has 45 heavy (non-hydrogen) atoms. The van der Waals surface area contributed by atoms with Crippen LogP contribution in [0.15, 0.2) is 156 Å². The maximum Gasteiger partial charge on any atom is 0.135 e. The van der Waals surface area contributed by atoms with E-state index in [1.54, 1.807) is 0 Å². The van der Waals surface area contributed by atoms with Crippen molar-refractivity contribution in [2.75, 3.05) is 4.90 Å². The summed E-state index contributed by atoms with van der Waals surface area (Å²) in [6.45, 7) is 0. The van der Waals surface area contributed by atoms with Crippen LogP contribution in [0.4, 0.5) is 17.1 Å². The zero-order valence-corrected chi connectivity index (χ0v) is 25.0. The Hall–Kier alpha value is -5.64. The smallest absolute Gasteiger partial charge is 0.135 e. The maximum atomic E-state index is 6.22. The Balaban J connectivity index is 1.26. The number of fused-ring (bicyclic) bond motifs is 12. The summed E-state index contributed by atoms with van der Waals surface area (Å²) in [6, 6.07) is 54.9. The number of para-hydroxylation sites is 1. The van der Waals surface area contributed by atoms with E-state index in [2.05, 4.69) is 144 Å². The summed E-state index contributed by atoms with van der Waals surface area (Å²) in [5, 5.41) is 12.5. The highest BCUT2D eigenvalue weighted by Gasteiger charge is 2.18. The van der Waals surface area contributed by atoms with Gasteiger partial charge >= 0.3 is 0 Å². The minimum Gasteiger partial charge on any atom is -0.456 e. The number of benzene rings is 8. The lowest BCUT2D eigenvalue weighted by Gasteiger charge is -2.26. The molecular weight excluding hydrogens is 567 g/mol. The van der Waals surface area contributed by atoms with Gasteiger partial charge in [0.2, 0.25) is 0 Å². The number of furan rings is 1. The molecule has 0 amide bonds. The van der Waals surface area contributed by atoms with Crippen LogP contribution in [0.1, 0.15) is 0 Å². The summed E-state index contributed by atoms with van der Waals surface area (Å²) in [5.74, 6) is 0. The van der Waals surface area contributed by atoms with E-state index in [4.69, 9.17) is 4.42 Å². The SMILES string of the molecule is c1ccc2c(c1)oc1ccc(N(c3ccc4c(c3)sc3ccccc34)c3ccc4c5ccccc5c5ccccc5c4c3)cc12. The van der Waals surface area contributed by atoms with E-state index in [-0.39, 0.29) is 0 Å². The normalized spacial score (nSPS) is 12.0. The van der Waals surface area contributed by atoms with Gasteiger partial charge in [-0.1, -0.05) is 97.1 Å². The van der Waals surface area contributed by atoms with E-state index in [1.165, 1.54) is 52.5 Å². The van der Waals surface area contributed by atoms with Crippen molar-refractivity contribution in [3.05, 3.63) is 152 Å². The molecule has 0 unspecified atom stereocenters. The van der Waals surface area contributed by atoms with Gasteiger partial charge in [0.05, 0.1) is 0 Å². The molecule has 2 nitrogen and oxygen atoms in total. The van der Waals surface area contributed by atoms with Gasteiger partial charge in [0.15, 0.2) is 0 Å². The second-order valence-electron chi connectivity index (χ2n) is 11.7. The fourth-order valence-electron chi connectivity index (χ4n) is 7.19. The van der Waals surface area contributed by atoms with Gasteiger partial charge in [-0.05, 0) is 86.9 Å². The molecule has 0 N–H and O–H groups in total. The Kier molecular flexibility index (Phi) is 5.19. The molecule has 0 radical (unpaired) electrons. The second kappa shape index (κ2) is 9.43. The number of thiophene rings is 1. The molecule has 0 spiro atoms. The largest absolute Gasteiger partial charge is 0.456 e. The van der Waals surface area contributed by atoms with Gasteiger partial charge in [-0.2, -0.15) is 0 Å². The van der Waals surface area contributed by atoms with Crippen LogP contribution in [-0.4, -0.2) is 0 Å². The van der Waals surface area contributed by atoms with Crippen molar-refractivity contribution in [3.63, 3.8) is 0 Å². The molecule has 8 aromatic carbocycles. The van der Waals surface area contributed by atoms with E-state index < -0.39 is 0 Å². The molecule has 3 heteroatoms. The van der Waals surface area contributed by atoms with Crippen molar-refractivity contribution in [1.82, 2.24) is 0 Å². The van der Waals surface area contributed by atoms with Gasteiger partial charge in [-0.15, -0.1) is 11.3 Å². The Morgan fingerprint density at radius 3 is 1.53 bits per heavy atom. The quantitative estimate of drug-likeness (QED) is 0.190. The topological polar surface area (TPSA) is 16.4 Å². The Morgan fingerprint density at radius 1 is 0.333 bits per heavy atom. The van der Waals surface area contributed by atoms with Crippen LogP contribution in [0.5, 0.6) is 0 Å². The molecule has 2 aromatic heterocycles. The zero-order valence-electron chi connectivity index (χ0n) is 24.2. The number of hydrogen-bond acceptors (Lipinski definition) is 3. The lowest BCUT2D eigenvalue weighted by Crippen LogP contribution is -2.09. The van der Waals surface area contributed by atoms with Gasteiger partial charge in [0.25, 0.3) is 0 Å². The second-order valence-corrected chi connectivity index (χ2v) is 12.8. The third kappa shape index (κ3) is 3.68. The minimum atomic E-state index is 0.899. The zero-order chi connectivity index (χ0) is 29.5. The number of nitrogens with zero attached hydrogens (tertiary/aromatic N) is 1. The van der Waals surface area contributed by atoms with Crippen molar-refractivity contribution < 1.29 is 4.42 Å². The van der Waals surface area contributed by atoms with Crippen molar-refractivity contribution in [3.8, 4) is 0 Å². The lowest BCUT2D eigenvalue weighted by atomic mass is 9.94. The van der Waals surface area contributed by atoms with Gasteiger partial charge < -0.3 is 9.32 Å². The fraction of sp³-hybridized carbons (Fsp3) is 0. The first kappa shape index (κ1) is 24.8. The molecule has 0 aliphatic carbocycles. The number of rotatable bonds is 3. The molecule has 0 atom stereocenters. The Labute approximate surface area is 263 Å². The van der Waals surface area contributed by atoms with Crippen LogP contribution in [0.3, 0.4) is 0 Å². The molecular formula is C42H25NOS. The van der Waals surface area contributed by atoms with Crippen LogP contribution in [0, 0.1) is 0 Å².